The molecular formula is C13H18N4O2. The minimum Gasteiger partial charge on any atom is -0.355 e. The van der Waals surface area contributed by atoms with Gasteiger partial charge in [0.1, 0.15) is 12.0 Å². The fourth-order valence-corrected chi connectivity index (χ4v) is 3.09. The van der Waals surface area contributed by atoms with Gasteiger partial charge in [0.05, 0.1) is 4.92 Å². The Morgan fingerprint density at radius 2 is 2.11 bits per heavy atom. The Labute approximate surface area is 112 Å². The Kier molecular flexibility index (Phi) is 3.33. The van der Waals surface area contributed by atoms with Crippen molar-refractivity contribution in [1.82, 2.24) is 9.88 Å². The molecule has 3 rings (SSSR count). The maximum atomic E-state index is 10.6. The number of hydrogen-bond acceptors (Lipinski definition) is 5. The van der Waals surface area contributed by atoms with E-state index in [2.05, 4.69) is 14.8 Å². The van der Waals surface area contributed by atoms with E-state index in [1.807, 2.05) is 0 Å². The summed E-state index contributed by atoms with van der Waals surface area (Å²) in [5.41, 5.74) is 0.0565. The van der Waals surface area contributed by atoms with Gasteiger partial charge < -0.3 is 4.90 Å². The highest BCUT2D eigenvalue weighted by Gasteiger charge is 2.29. The van der Waals surface area contributed by atoms with Crippen LogP contribution in [0.25, 0.3) is 0 Å². The van der Waals surface area contributed by atoms with Crippen LogP contribution in [0.1, 0.15) is 19.3 Å². The van der Waals surface area contributed by atoms with Crippen molar-refractivity contribution in [2.24, 2.45) is 0 Å². The molecule has 2 aliphatic rings. The predicted molar refractivity (Wildman–Crippen MR) is 72.3 cm³/mol. The number of hydrogen-bond donors (Lipinski definition) is 0. The average molecular weight is 262 g/mol. The quantitative estimate of drug-likeness (QED) is 0.599. The van der Waals surface area contributed by atoms with E-state index in [1.54, 1.807) is 12.1 Å². The molecule has 0 N–H and O–H groups in total. The highest BCUT2D eigenvalue weighted by Crippen LogP contribution is 2.24. The summed E-state index contributed by atoms with van der Waals surface area (Å²) >= 11 is 0. The van der Waals surface area contributed by atoms with E-state index in [0.29, 0.717) is 6.04 Å². The van der Waals surface area contributed by atoms with Crippen LogP contribution in [0.4, 0.5) is 11.5 Å². The Hall–Kier alpha value is -1.69. The van der Waals surface area contributed by atoms with Crippen molar-refractivity contribution in [3.05, 3.63) is 28.4 Å². The Morgan fingerprint density at radius 3 is 2.84 bits per heavy atom. The summed E-state index contributed by atoms with van der Waals surface area (Å²) in [5.74, 6) is 0.861. The summed E-state index contributed by atoms with van der Waals surface area (Å²) in [5, 5.41) is 10.6. The molecule has 6 nitrogen and oxygen atoms in total. The Bertz CT molecular complexity index is 462. The molecule has 1 unspecified atom stereocenters. The molecular weight excluding hydrogens is 244 g/mol. The zero-order valence-corrected chi connectivity index (χ0v) is 10.9. The summed E-state index contributed by atoms with van der Waals surface area (Å²) in [7, 11) is 0. The van der Waals surface area contributed by atoms with Gasteiger partial charge in [0.2, 0.25) is 0 Å². The standard InChI is InChI=1S/C13H18N4O2/c18-17(19)11-4-5-13(14-9-11)16-8-2-7-15-6-1-3-12(15)10-16/h4-5,9,12H,1-3,6-8,10H2. The van der Waals surface area contributed by atoms with E-state index < -0.39 is 4.92 Å². The second kappa shape index (κ2) is 5.13. The van der Waals surface area contributed by atoms with Gasteiger partial charge in [0, 0.05) is 31.7 Å². The zero-order chi connectivity index (χ0) is 13.2. The number of pyridine rings is 1. The van der Waals surface area contributed by atoms with Crippen LogP contribution in [0.3, 0.4) is 0 Å². The zero-order valence-electron chi connectivity index (χ0n) is 10.9. The molecule has 1 atom stereocenters. The van der Waals surface area contributed by atoms with Crippen molar-refractivity contribution < 1.29 is 4.92 Å². The normalized spacial score (nSPS) is 24.0. The van der Waals surface area contributed by atoms with Crippen LogP contribution in [0, 0.1) is 10.1 Å². The molecule has 3 heterocycles. The van der Waals surface area contributed by atoms with Crippen LogP contribution in [0.15, 0.2) is 18.3 Å². The van der Waals surface area contributed by atoms with Crippen molar-refractivity contribution >= 4 is 11.5 Å². The van der Waals surface area contributed by atoms with Gasteiger partial charge in [0.15, 0.2) is 0 Å². The molecule has 19 heavy (non-hydrogen) atoms. The molecule has 0 bridgehead atoms. The second-order valence-corrected chi connectivity index (χ2v) is 5.26. The number of aromatic nitrogens is 1. The highest BCUT2D eigenvalue weighted by molar-refractivity contribution is 5.43. The Morgan fingerprint density at radius 1 is 1.26 bits per heavy atom. The lowest BCUT2D eigenvalue weighted by Crippen LogP contribution is -2.36. The number of nitrogens with zero attached hydrogens (tertiary/aromatic N) is 4. The van der Waals surface area contributed by atoms with Crippen molar-refractivity contribution in [2.45, 2.75) is 25.3 Å². The smallest absolute Gasteiger partial charge is 0.287 e. The lowest BCUT2D eigenvalue weighted by molar-refractivity contribution is -0.385. The molecule has 2 fully saturated rings. The maximum absolute atomic E-state index is 10.6. The molecule has 0 aliphatic carbocycles. The molecule has 0 aromatic carbocycles. The van der Waals surface area contributed by atoms with E-state index in [0.717, 1.165) is 31.9 Å². The first-order valence-corrected chi connectivity index (χ1v) is 6.83. The van der Waals surface area contributed by atoms with Crippen molar-refractivity contribution in [3.63, 3.8) is 0 Å². The van der Waals surface area contributed by atoms with Gasteiger partial charge in [-0.2, -0.15) is 0 Å². The third-order valence-electron chi connectivity index (χ3n) is 4.07. The van der Waals surface area contributed by atoms with E-state index in [9.17, 15) is 10.1 Å². The first-order valence-electron chi connectivity index (χ1n) is 6.83. The van der Waals surface area contributed by atoms with Crippen LogP contribution in [-0.4, -0.2) is 47.0 Å². The first-order chi connectivity index (χ1) is 9.24. The molecule has 0 spiro atoms. The van der Waals surface area contributed by atoms with E-state index in [4.69, 9.17) is 0 Å². The molecule has 6 heteroatoms. The number of anilines is 1. The molecule has 2 aliphatic heterocycles. The first kappa shape index (κ1) is 12.3. The monoisotopic (exact) mass is 262 g/mol. The van der Waals surface area contributed by atoms with Gasteiger partial charge in [0.25, 0.3) is 5.69 Å². The van der Waals surface area contributed by atoms with Gasteiger partial charge in [-0.3, -0.25) is 15.0 Å². The molecule has 0 saturated carbocycles. The molecule has 2 saturated heterocycles. The fraction of sp³-hybridized carbons (Fsp3) is 0.615. The van der Waals surface area contributed by atoms with Crippen LogP contribution in [0.2, 0.25) is 0 Å². The van der Waals surface area contributed by atoms with Crippen LogP contribution in [0.5, 0.6) is 0 Å². The van der Waals surface area contributed by atoms with E-state index in [1.165, 1.54) is 25.6 Å². The van der Waals surface area contributed by atoms with E-state index in [-0.39, 0.29) is 5.69 Å². The molecule has 0 amide bonds. The number of rotatable bonds is 2. The SMILES string of the molecule is O=[N+]([O-])c1ccc(N2CCCN3CCCC3C2)nc1. The van der Waals surface area contributed by atoms with Gasteiger partial charge in [-0.15, -0.1) is 0 Å². The van der Waals surface area contributed by atoms with E-state index >= 15 is 0 Å². The predicted octanol–water partition coefficient (Wildman–Crippen LogP) is 1.66. The topological polar surface area (TPSA) is 62.5 Å². The molecule has 0 radical (unpaired) electrons. The third-order valence-corrected chi connectivity index (χ3v) is 4.07. The van der Waals surface area contributed by atoms with Crippen LogP contribution >= 0.6 is 0 Å². The molecule has 1 aromatic rings. The average Bonchev–Trinajstić information content (AvgIpc) is 2.76. The minimum atomic E-state index is -0.405. The van der Waals surface area contributed by atoms with Crippen LogP contribution in [-0.2, 0) is 0 Å². The minimum absolute atomic E-state index is 0.0565. The second-order valence-electron chi connectivity index (χ2n) is 5.26. The fourth-order valence-electron chi connectivity index (χ4n) is 3.09. The molecule has 1 aromatic heterocycles. The van der Waals surface area contributed by atoms with Crippen molar-refractivity contribution in [2.75, 3.05) is 31.1 Å². The van der Waals surface area contributed by atoms with Gasteiger partial charge >= 0.3 is 0 Å². The summed E-state index contributed by atoms with van der Waals surface area (Å²) < 4.78 is 0. The number of nitro groups is 1. The summed E-state index contributed by atoms with van der Waals surface area (Å²) in [6, 6.07) is 3.93. The van der Waals surface area contributed by atoms with Crippen molar-refractivity contribution in [1.29, 1.82) is 0 Å². The summed E-state index contributed by atoms with van der Waals surface area (Å²) in [6.45, 7) is 4.35. The molecule has 102 valence electrons. The van der Waals surface area contributed by atoms with Gasteiger partial charge in [-0.1, -0.05) is 0 Å². The highest BCUT2D eigenvalue weighted by atomic mass is 16.6. The summed E-state index contributed by atoms with van der Waals surface area (Å²) in [4.78, 5) is 19.3. The summed E-state index contributed by atoms with van der Waals surface area (Å²) in [6.07, 6.45) is 5.03. The maximum Gasteiger partial charge on any atom is 0.287 e. The largest absolute Gasteiger partial charge is 0.355 e. The van der Waals surface area contributed by atoms with Crippen molar-refractivity contribution in [3.8, 4) is 0 Å². The Balaban J connectivity index is 1.75. The lowest BCUT2D eigenvalue weighted by Gasteiger charge is -2.26. The third kappa shape index (κ3) is 2.53. The van der Waals surface area contributed by atoms with Gasteiger partial charge in [-0.05, 0) is 31.9 Å². The van der Waals surface area contributed by atoms with Gasteiger partial charge in [-0.25, -0.2) is 4.98 Å². The number of fused-ring (bicyclic) bond motifs is 1. The van der Waals surface area contributed by atoms with Crippen LogP contribution < -0.4 is 4.90 Å². The lowest BCUT2D eigenvalue weighted by atomic mass is 10.2.